The second-order valence-electron chi connectivity index (χ2n) is 3.39. The normalized spacial score (nSPS) is 18.9. The summed E-state index contributed by atoms with van der Waals surface area (Å²) in [4.78, 5) is 10.7. The number of nitrogen functional groups attached to an aromatic ring is 1. The molecular formula is C10H13ClN2O2. The number of alkyl carbamates (subject to hydrolysis) is 1. The van der Waals surface area contributed by atoms with Gasteiger partial charge >= 0.3 is 6.09 Å². The van der Waals surface area contributed by atoms with Gasteiger partial charge in [-0.05, 0) is 24.1 Å². The molecule has 1 amide bonds. The van der Waals surface area contributed by atoms with Crippen LogP contribution in [-0.2, 0) is 11.2 Å². The summed E-state index contributed by atoms with van der Waals surface area (Å²) in [6.07, 6.45) is 0.455. The van der Waals surface area contributed by atoms with Crippen LogP contribution in [0.3, 0.4) is 0 Å². The molecule has 1 aliphatic rings. The fraction of sp³-hybridized carbons (Fsp3) is 0.300. The molecule has 1 fully saturated rings. The van der Waals surface area contributed by atoms with E-state index in [2.05, 4.69) is 5.32 Å². The minimum atomic E-state index is -0.328. The summed E-state index contributed by atoms with van der Waals surface area (Å²) in [5, 5.41) is 2.72. The van der Waals surface area contributed by atoms with E-state index in [1.165, 1.54) is 0 Å². The number of carbonyl (C=O) groups excluding carboxylic acids is 1. The molecule has 1 aromatic rings. The lowest BCUT2D eigenvalue weighted by molar-refractivity contribution is 0.177. The number of rotatable bonds is 2. The number of hydrogen-bond donors (Lipinski definition) is 2. The fourth-order valence-corrected chi connectivity index (χ4v) is 1.47. The summed E-state index contributed by atoms with van der Waals surface area (Å²) < 4.78 is 4.79. The summed E-state index contributed by atoms with van der Waals surface area (Å²) in [5.74, 6) is 0. The Morgan fingerprint density at radius 1 is 1.40 bits per heavy atom. The maximum Gasteiger partial charge on any atom is 0.407 e. The van der Waals surface area contributed by atoms with Crippen LogP contribution < -0.4 is 11.1 Å². The van der Waals surface area contributed by atoms with Gasteiger partial charge in [-0.15, -0.1) is 12.4 Å². The van der Waals surface area contributed by atoms with Gasteiger partial charge in [0, 0.05) is 5.69 Å². The van der Waals surface area contributed by atoms with Crippen LogP contribution in [0, 0.1) is 0 Å². The van der Waals surface area contributed by atoms with Gasteiger partial charge in [0.2, 0.25) is 0 Å². The van der Waals surface area contributed by atoms with Gasteiger partial charge in [-0.25, -0.2) is 4.79 Å². The number of anilines is 1. The molecule has 0 unspecified atom stereocenters. The number of halogens is 1. The quantitative estimate of drug-likeness (QED) is 0.751. The molecule has 0 radical (unpaired) electrons. The molecule has 3 N–H and O–H groups in total. The van der Waals surface area contributed by atoms with Crippen molar-refractivity contribution in [3.8, 4) is 0 Å². The molecule has 0 bridgehead atoms. The molecule has 5 heteroatoms. The number of ether oxygens (including phenoxy) is 1. The second kappa shape index (κ2) is 4.89. The summed E-state index contributed by atoms with van der Waals surface area (Å²) >= 11 is 0. The first-order chi connectivity index (χ1) is 6.74. The SMILES string of the molecule is Cl.Nc1ccc(C[C@@H]2COC(=O)N2)cc1. The fourth-order valence-electron chi connectivity index (χ4n) is 1.47. The first-order valence-corrected chi connectivity index (χ1v) is 4.52. The molecule has 1 saturated heterocycles. The Hall–Kier alpha value is -1.42. The minimum Gasteiger partial charge on any atom is -0.447 e. The number of cyclic esters (lactones) is 1. The third-order valence-electron chi connectivity index (χ3n) is 2.20. The zero-order chi connectivity index (χ0) is 9.97. The van der Waals surface area contributed by atoms with Gasteiger partial charge in [0.05, 0.1) is 6.04 Å². The van der Waals surface area contributed by atoms with Gasteiger partial charge in [0.15, 0.2) is 0 Å². The molecule has 0 aromatic heterocycles. The van der Waals surface area contributed by atoms with Gasteiger partial charge in [-0.3, -0.25) is 0 Å². The van der Waals surface area contributed by atoms with Crippen LogP contribution in [0.2, 0.25) is 0 Å². The highest BCUT2D eigenvalue weighted by atomic mass is 35.5. The number of carbonyl (C=O) groups is 1. The Morgan fingerprint density at radius 2 is 2.07 bits per heavy atom. The van der Waals surface area contributed by atoms with Crippen molar-refractivity contribution in [1.29, 1.82) is 0 Å². The van der Waals surface area contributed by atoms with Gasteiger partial charge < -0.3 is 15.8 Å². The van der Waals surface area contributed by atoms with Crippen molar-refractivity contribution < 1.29 is 9.53 Å². The Morgan fingerprint density at radius 3 is 2.60 bits per heavy atom. The zero-order valence-corrected chi connectivity index (χ0v) is 8.92. The van der Waals surface area contributed by atoms with Crippen molar-refractivity contribution in [1.82, 2.24) is 5.32 Å². The van der Waals surface area contributed by atoms with E-state index in [1.807, 2.05) is 24.3 Å². The predicted molar refractivity (Wildman–Crippen MR) is 60.1 cm³/mol. The monoisotopic (exact) mass is 228 g/mol. The Balaban J connectivity index is 0.00000112. The van der Waals surface area contributed by atoms with E-state index in [0.29, 0.717) is 6.61 Å². The third-order valence-corrected chi connectivity index (χ3v) is 2.20. The molecule has 4 nitrogen and oxygen atoms in total. The van der Waals surface area contributed by atoms with Crippen molar-refractivity contribution in [2.45, 2.75) is 12.5 Å². The van der Waals surface area contributed by atoms with Gasteiger partial charge in [-0.2, -0.15) is 0 Å². The first kappa shape index (κ1) is 11.7. The predicted octanol–water partition coefficient (Wildman–Crippen LogP) is 1.34. The van der Waals surface area contributed by atoms with Crippen LogP contribution in [0.4, 0.5) is 10.5 Å². The van der Waals surface area contributed by atoms with Crippen LogP contribution in [0.25, 0.3) is 0 Å². The molecule has 0 saturated carbocycles. The van der Waals surface area contributed by atoms with E-state index < -0.39 is 0 Å². The van der Waals surface area contributed by atoms with Gasteiger partial charge in [-0.1, -0.05) is 12.1 Å². The lowest BCUT2D eigenvalue weighted by Crippen LogP contribution is -2.28. The van der Waals surface area contributed by atoms with Crippen molar-refractivity contribution in [2.75, 3.05) is 12.3 Å². The lowest BCUT2D eigenvalue weighted by atomic mass is 10.1. The molecule has 15 heavy (non-hydrogen) atoms. The average Bonchev–Trinajstić information content (AvgIpc) is 2.56. The van der Waals surface area contributed by atoms with Crippen LogP contribution in [0.1, 0.15) is 5.56 Å². The summed E-state index contributed by atoms with van der Waals surface area (Å²) in [6, 6.07) is 7.71. The summed E-state index contributed by atoms with van der Waals surface area (Å²) in [6.45, 7) is 0.448. The van der Waals surface area contributed by atoms with Crippen LogP contribution in [0.15, 0.2) is 24.3 Å². The lowest BCUT2D eigenvalue weighted by Gasteiger charge is -2.06. The Bertz CT molecular complexity index is 340. The topological polar surface area (TPSA) is 64.3 Å². The molecule has 1 aromatic carbocycles. The van der Waals surface area contributed by atoms with Crippen molar-refractivity contribution in [3.05, 3.63) is 29.8 Å². The zero-order valence-electron chi connectivity index (χ0n) is 8.10. The third kappa shape index (κ3) is 3.02. The van der Waals surface area contributed by atoms with Crippen LogP contribution in [-0.4, -0.2) is 18.7 Å². The van der Waals surface area contributed by atoms with Crippen molar-refractivity contribution in [3.63, 3.8) is 0 Å². The van der Waals surface area contributed by atoms with Gasteiger partial charge in [0.1, 0.15) is 6.61 Å². The maximum atomic E-state index is 10.7. The summed E-state index contributed by atoms with van der Waals surface area (Å²) in [5.41, 5.74) is 7.46. The van der Waals surface area contributed by atoms with E-state index in [9.17, 15) is 4.79 Å². The molecule has 0 spiro atoms. The van der Waals surface area contributed by atoms with E-state index in [1.54, 1.807) is 0 Å². The van der Waals surface area contributed by atoms with E-state index in [0.717, 1.165) is 17.7 Å². The van der Waals surface area contributed by atoms with Gasteiger partial charge in [0.25, 0.3) is 0 Å². The largest absolute Gasteiger partial charge is 0.447 e. The minimum absolute atomic E-state index is 0. The molecule has 2 rings (SSSR count). The Labute approximate surface area is 94.2 Å². The van der Waals surface area contributed by atoms with Crippen LogP contribution >= 0.6 is 12.4 Å². The van der Waals surface area contributed by atoms with E-state index >= 15 is 0 Å². The molecule has 1 aliphatic heterocycles. The number of hydrogen-bond acceptors (Lipinski definition) is 3. The molecule has 82 valence electrons. The Kier molecular flexibility index (Phi) is 3.80. The molecular weight excluding hydrogens is 216 g/mol. The average molecular weight is 229 g/mol. The number of amides is 1. The number of benzene rings is 1. The summed E-state index contributed by atoms with van der Waals surface area (Å²) in [7, 11) is 0. The van der Waals surface area contributed by atoms with Crippen molar-refractivity contribution >= 4 is 24.2 Å². The number of nitrogens with two attached hydrogens (primary N) is 1. The molecule has 1 heterocycles. The van der Waals surface area contributed by atoms with Crippen LogP contribution in [0.5, 0.6) is 0 Å². The van der Waals surface area contributed by atoms with Crippen molar-refractivity contribution in [2.24, 2.45) is 0 Å². The first-order valence-electron chi connectivity index (χ1n) is 4.52. The molecule has 0 aliphatic carbocycles. The number of nitrogens with one attached hydrogen (secondary N) is 1. The molecule has 1 atom stereocenters. The van der Waals surface area contributed by atoms with E-state index in [-0.39, 0.29) is 24.5 Å². The highest BCUT2D eigenvalue weighted by Crippen LogP contribution is 2.10. The standard InChI is InChI=1S/C10H12N2O2.ClH/c11-8-3-1-7(2-4-8)5-9-6-14-10(13)12-9;/h1-4,9H,5-6,11H2,(H,12,13);1H/t9-;/m1./s1. The smallest absolute Gasteiger partial charge is 0.407 e. The second-order valence-corrected chi connectivity index (χ2v) is 3.39. The van der Waals surface area contributed by atoms with E-state index in [4.69, 9.17) is 10.5 Å². The highest BCUT2D eigenvalue weighted by molar-refractivity contribution is 5.85. The maximum absolute atomic E-state index is 10.7. The highest BCUT2D eigenvalue weighted by Gasteiger charge is 2.21.